The highest BCUT2D eigenvalue weighted by Gasteiger charge is 2.08. The minimum Gasteiger partial charge on any atom is -0.489 e. The van der Waals surface area contributed by atoms with Crippen molar-refractivity contribution in [2.75, 3.05) is 5.32 Å². The van der Waals surface area contributed by atoms with Crippen LogP contribution in [0.2, 0.25) is 5.02 Å². The minimum atomic E-state index is -0.142. The molecule has 28 heavy (non-hydrogen) atoms. The zero-order valence-electron chi connectivity index (χ0n) is 15.8. The van der Waals surface area contributed by atoms with Crippen LogP contribution in [0.1, 0.15) is 29.8 Å². The second kappa shape index (κ2) is 9.24. The fourth-order valence-electron chi connectivity index (χ4n) is 2.53. The Hall–Kier alpha value is -3.05. The molecule has 0 bridgehead atoms. The number of ether oxygens (including phenoxy) is 1. The molecule has 2 aromatic carbocycles. The molecule has 0 aliphatic heterocycles. The molecule has 3 rings (SSSR count). The number of rotatable bonds is 7. The van der Waals surface area contributed by atoms with E-state index in [4.69, 9.17) is 16.3 Å². The van der Waals surface area contributed by atoms with Gasteiger partial charge in [0, 0.05) is 22.9 Å². The second-order valence-corrected chi connectivity index (χ2v) is 7.09. The molecule has 6 heteroatoms. The Morgan fingerprint density at radius 3 is 2.43 bits per heavy atom. The van der Waals surface area contributed by atoms with Crippen molar-refractivity contribution >= 4 is 28.9 Å². The van der Waals surface area contributed by atoms with Gasteiger partial charge in [0.25, 0.3) is 5.91 Å². The molecule has 5 nitrogen and oxygen atoms in total. The van der Waals surface area contributed by atoms with Crippen LogP contribution in [0.25, 0.3) is 0 Å². The Bertz CT molecular complexity index is 925. The second-order valence-electron chi connectivity index (χ2n) is 6.65. The topological polar surface area (TPSA) is 63.2 Å². The standard InChI is InChI=1S/C22H22ClN3O2/c1-15(2)25-22(27)17-11-20(13-24-12-17)26-19-7-9-21(10-8-19)28-14-16-3-5-18(23)6-4-16/h3-13,15,26H,14H2,1-2H3,(H,25,27). The van der Waals surface area contributed by atoms with Crippen molar-refractivity contribution in [3.05, 3.63) is 83.1 Å². The van der Waals surface area contributed by atoms with E-state index in [-0.39, 0.29) is 11.9 Å². The van der Waals surface area contributed by atoms with E-state index in [1.807, 2.05) is 62.4 Å². The molecule has 0 radical (unpaired) electrons. The van der Waals surface area contributed by atoms with E-state index in [0.29, 0.717) is 17.2 Å². The summed E-state index contributed by atoms with van der Waals surface area (Å²) in [6.45, 7) is 4.31. The normalized spacial score (nSPS) is 10.6. The zero-order chi connectivity index (χ0) is 19.9. The molecule has 0 aliphatic carbocycles. The van der Waals surface area contributed by atoms with E-state index in [1.165, 1.54) is 0 Å². The molecular formula is C22H22ClN3O2. The molecular weight excluding hydrogens is 374 g/mol. The number of carbonyl (C=O) groups excluding carboxylic acids is 1. The number of halogens is 1. The molecule has 0 aliphatic rings. The zero-order valence-corrected chi connectivity index (χ0v) is 16.5. The van der Waals surface area contributed by atoms with Crippen LogP contribution < -0.4 is 15.4 Å². The van der Waals surface area contributed by atoms with Gasteiger partial charge in [-0.25, -0.2) is 0 Å². The lowest BCUT2D eigenvalue weighted by atomic mass is 10.2. The van der Waals surface area contributed by atoms with Gasteiger partial charge >= 0.3 is 0 Å². The van der Waals surface area contributed by atoms with Gasteiger partial charge in [0.05, 0.1) is 17.4 Å². The minimum absolute atomic E-state index is 0.0736. The van der Waals surface area contributed by atoms with E-state index in [1.54, 1.807) is 18.5 Å². The lowest BCUT2D eigenvalue weighted by Crippen LogP contribution is -2.30. The van der Waals surface area contributed by atoms with Crippen LogP contribution >= 0.6 is 11.6 Å². The third-order valence-electron chi connectivity index (χ3n) is 3.88. The summed E-state index contributed by atoms with van der Waals surface area (Å²) in [5.74, 6) is 0.626. The summed E-state index contributed by atoms with van der Waals surface area (Å²) in [7, 11) is 0. The van der Waals surface area contributed by atoms with Crippen molar-refractivity contribution in [1.82, 2.24) is 10.3 Å². The molecule has 3 aromatic rings. The summed E-state index contributed by atoms with van der Waals surface area (Å²) in [4.78, 5) is 16.2. The Balaban J connectivity index is 1.59. The van der Waals surface area contributed by atoms with Gasteiger partial charge in [0.15, 0.2) is 0 Å². The molecule has 0 spiro atoms. The quantitative estimate of drug-likeness (QED) is 0.577. The van der Waals surface area contributed by atoms with Crippen LogP contribution in [0.3, 0.4) is 0 Å². The first-order valence-electron chi connectivity index (χ1n) is 9.00. The molecule has 1 aromatic heterocycles. The molecule has 0 saturated carbocycles. The van der Waals surface area contributed by atoms with Gasteiger partial charge in [-0.05, 0) is 61.9 Å². The number of benzene rings is 2. The number of aromatic nitrogens is 1. The van der Waals surface area contributed by atoms with Gasteiger partial charge in [-0.2, -0.15) is 0 Å². The number of amides is 1. The fraction of sp³-hybridized carbons (Fsp3) is 0.182. The molecule has 0 fully saturated rings. The third-order valence-corrected chi connectivity index (χ3v) is 4.13. The summed E-state index contributed by atoms with van der Waals surface area (Å²) < 4.78 is 5.79. The van der Waals surface area contributed by atoms with Crippen molar-refractivity contribution in [3.63, 3.8) is 0 Å². The predicted octanol–water partition coefficient (Wildman–Crippen LogP) is 5.20. The van der Waals surface area contributed by atoms with E-state index in [2.05, 4.69) is 15.6 Å². The molecule has 1 heterocycles. The number of hydrogen-bond donors (Lipinski definition) is 2. The molecule has 144 valence electrons. The Kier molecular flexibility index (Phi) is 6.50. The SMILES string of the molecule is CC(C)NC(=O)c1cncc(Nc2ccc(OCc3ccc(Cl)cc3)cc2)c1. The van der Waals surface area contributed by atoms with Gasteiger partial charge in [-0.1, -0.05) is 23.7 Å². The Labute approximate surface area is 169 Å². The highest BCUT2D eigenvalue weighted by molar-refractivity contribution is 6.30. The highest BCUT2D eigenvalue weighted by atomic mass is 35.5. The summed E-state index contributed by atoms with van der Waals surface area (Å²) in [6, 6.07) is 17.0. The van der Waals surface area contributed by atoms with Gasteiger partial charge in [0.2, 0.25) is 0 Å². The number of hydrogen-bond acceptors (Lipinski definition) is 4. The molecule has 1 amide bonds. The number of nitrogens with zero attached hydrogens (tertiary/aromatic N) is 1. The first-order valence-corrected chi connectivity index (χ1v) is 9.37. The lowest BCUT2D eigenvalue weighted by Gasteiger charge is -2.11. The summed E-state index contributed by atoms with van der Waals surface area (Å²) in [6.07, 6.45) is 3.23. The van der Waals surface area contributed by atoms with Crippen LogP contribution in [0.15, 0.2) is 67.0 Å². The van der Waals surface area contributed by atoms with E-state index in [0.717, 1.165) is 22.7 Å². The first kappa shape index (κ1) is 19.7. The highest BCUT2D eigenvalue weighted by Crippen LogP contribution is 2.21. The summed E-state index contributed by atoms with van der Waals surface area (Å²) in [5, 5.41) is 6.81. The molecule has 0 atom stereocenters. The molecule has 0 saturated heterocycles. The van der Waals surface area contributed by atoms with E-state index < -0.39 is 0 Å². The Morgan fingerprint density at radius 1 is 1.04 bits per heavy atom. The number of nitrogens with one attached hydrogen (secondary N) is 2. The average molecular weight is 396 g/mol. The number of pyridine rings is 1. The van der Waals surface area contributed by atoms with Crippen molar-refractivity contribution in [2.24, 2.45) is 0 Å². The maximum Gasteiger partial charge on any atom is 0.253 e. The van der Waals surface area contributed by atoms with Gasteiger partial charge < -0.3 is 15.4 Å². The fourth-order valence-corrected chi connectivity index (χ4v) is 2.65. The van der Waals surface area contributed by atoms with Gasteiger partial charge in [-0.15, -0.1) is 0 Å². The van der Waals surface area contributed by atoms with Crippen molar-refractivity contribution in [3.8, 4) is 5.75 Å². The smallest absolute Gasteiger partial charge is 0.253 e. The van der Waals surface area contributed by atoms with Crippen LogP contribution in [-0.4, -0.2) is 16.9 Å². The monoisotopic (exact) mass is 395 g/mol. The lowest BCUT2D eigenvalue weighted by molar-refractivity contribution is 0.0943. The third kappa shape index (κ3) is 5.72. The number of carbonyl (C=O) groups is 1. The average Bonchev–Trinajstić information content (AvgIpc) is 2.68. The maximum absolute atomic E-state index is 12.1. The van der Waals surface area contributed by atoms with Crippen LogP contribution in [-0.2, 0) is 6.61 Å². The summed E-state index contributed by atoms with van der Waals surface area (Å²) >= 11 is 5.89. The van der Waals surface area contributed by atoms with Gasteiger partial charge in [-0.3, -0.25) is 9.78 Å². The van der Waals surface area contributed by atoms with Crippen LogP contribution in [0, 0.1) is 0 Å². The largest absolute Gasteiger partial charge is 0.489 e. The van der Waals surface area contributed by atoms with E-state index in [9.17, 15) is 4.79 Å². The number of anilines is 2. The molecule has 0 unspecified atom stereocenters. The van der Waals surface area contributed by atoms with Crippen LogP contribution in [0.5, 0.6) is 5.75 Å². The summed E-state index contributed by atoms with van der Waals surface area (Å²) in [5.41, 5.74) is 3.18. The van der Waals surface area contributed by atoms with Gasteiger partial charge in [0.1, 0.15) is 12.4 Å². The van der Waals surface area contributed by atoms with Crippen LogP contribution in [0.4, 0.5) is 11.4 Å². The van der Waals surface area contributed by atoms with Crippen molar-refractivity contribution in [1.29, 1.82) is 0 Å². The Morgan fingerprint density at radius 2 is 1.75 bits per heavy atom. The maximum atomic E-state index is 12.1. The molecule has 2 N–H and O–H groups in total. The predicted molar refractivity (Wildman–Crippen MR) is 112 cm³/mol. The van der Waals surface area contributed by atoms with Crippen molar-refractivity contribution < 1.29 is 9.53 Å². The van der Waals surface area contributed by atoms with Crippen molar-refractivity contribution in [2.45, 2.75) is 26.5 Å². The van der Waals surface area contributed by atoms with E-state index >= 15 is 0 Å². The first-order chi connectivity index (χ1) is 13.5.